The van der Waals surface area contributed by atoms with Crippen LogP contribution in [0.1, 0.15) is 19.4 Å². The van der Waals surface area contributed by atoms with E-state index in [1.165, 1.54) is 30.4 Å². The van der Waals surface area contributed by atoms with E-state index in [0.717, 1.165) is 18.0 Å². The summed E-state index contributed by atoms with van der Waals surface area (Å²) in [4.78, 5) is 3.40. The van der Waals surface area contributed by atoms with E-state index < -0.39 is 11.1 Å². The SMILES string of the molecule is COSc1ccc2c(c1)C(C)(C)CN2CCS(=O)OC. The third kappa shape index (κ3) is 3.36. The minimum Gasteiger partial charge on any atom is -0.369 e. The molecule has 112 valence electrons. The Morgan fingerprint density at radius 3 is 2.80 bits per heavy atom. The summed E-state index contributed by atoms with van der Waals surface area (Å²) in [6, 6.07) is 6.38. The van der Waals surface area contributed by atoms with E-state index in [9.17, 15) is 4.21 Å². The molecule has 2 rings (SSSR count). The Morgan fingerprint density at radius 2 is 2.15 bits per heavy atom. The van der Waals surface area contributed by atoms with E-state index in [1.807, 2.05) is 0 Å². The summed E-state index contributed by atoms with van der Waals surface area (Å²) < 4.78 is 21.4. The highest BCUT2D eigenvalue weighted by atomic mass is 32.2. The fourth-order valence-electron chi connectivity index (χ4n) is 2.60. The molecule has 1 atom stereocenters. The van der Waals surface area contributed by atoms with Gasteiger partial charge in [0.15, 0.2) is 11.1 Å². The van der Waals surface area contributed by atoms with Crippen molar-refractivity contribution in [3.63, 3.8) is 0 Å². The summed E-state index contributed by atoms with van der Waals surface area (Å²) in [6.45, 7) is 6.15. The predicted octanol–water partition coefficient (Wildman–Crippen LogP) is 2.75. The molecule has 0 amide bonds. The molecule has 1 aromatic carbocycles. The van der Waals surface area contributed by atoms with Crippen LogP contribution in [-0.4, -0.2) is 37.3 Å². The minimum atomic E-state index is -1.20. The van der Waals surface area contributed by atoms with Crippen LogP contribution in [0, 0.1) is 0 Å². The van der Waals surface area contributed by atoms with Gasteiger partial charge in [0, 0.05) is 41.1 Å². The first-order chi connectivity index (χ1) is 9.47. The van der Waals surface area contributed by atoms with Gasteiger partial charge in [0.05, 0.1) is 20.0 Å². The topological polar surface area (TPSA) is 38.8 Å². The van der Waals surface area contributed by atoms with Crippen molar-refractivity contribution in [2.45, 2.75) is 24.2 Å². The number of benzene rings is 1. The van der Waals surface area contributed by atoms with E-state index in [4.69, 9.17) is 8.37 Å². The molecule has 0 spiro atoms. The second kappa shape index (κ2) is 6.47. The monoisotopic (exact) mass is 315 g/mol. The van der Waals surface area contributed by atoms with Crippen LogP contribution in [0.5, 0.6) is 0 Å². The standard InChI is InChI=1S/C14H21NO3S2/c1-14(2)10-15(7-8-20(16)18-4)13-6-5-11(19-17-3)9-12(13)14/h5-6,9H,7-8,10H2,1-4H3. The van der Waals surface area contributed by atoms with Gasteiger partial charge in [0.25, 0.3) is 0 Å². The smallest absolute Gasteiger partial charge is 0.156 e. The van der Waals surface area contributed by atoms with Gasteiger partial charge in [0.1, 0.15) is 0 Å². The summed E-state index contributed by atoms with van der Waals surface area (Å²) >= 11 is 0.180. The van der Waals surface area contributed by atoms with Crippen LogP contribution in [0.4, 0.5) is 5.69 Å². The lowest BCUT2D eigenvalue weighted by Gasteiger charge is -2.21. The largest absolute Gasteiger partial charge is 0.369 e. The van der Waals surface area contributed by atoms with Crippen molar-refractivity contribution in [3.05, 3.63) is 23.8 Å². The molecule has 6 heteroatoms. The summed E-state index contributed by atoms with van der Waals surface area (Å²) in [7, 11) is 3.15. The van der Waals surface area contributed by atoms with E-state index in [2.05, 4.69) is 36.9 Å². The van der Waals surface area contributed by atoms with Gasteiger partial charge in [0.2, 0.25) is 0 Å². The van der Waals surface area contributed by atoms with Crippen LogP contribution in [0.25, 0.3) is 0 Å². The lowest BCUT2D eigenvalue weighted by atomic mass is 9.87. The summed E-state index contributed by atoms with van der Waals surface area (Å²) in [5.41, 5.74) is 2.64. The molecule has 1 heterocycles. The second-order valence-electron chi connectivity index (χ2n) is 5.41. The fourth-order valence-corrected chi connectivity index (χ4v) is 3.61. The number of hydrogen-bond donors (Lipinski definition) is 0. The van der Waals surface area contributed by atoms with Crippen molar-refractivity contribution >= 4 is 28.8 Å². The zero-order chi connectivity index (χ0) is 14.8. The Balaban J connectivity index is 2.20. The number of rotatable bonds is 6. The predicted molar refractivity (Wildman–Crippen MR) is 84.6 cm³/mol. The molecule has 0 aliphatic carbocycles. The highest BCUT2D eigenvalue weighted by molar-refractivity contribution is 7.94. The number of anilines is 1. The van der Waals surface area contributed by atoms with Gasteiger partial charge in [-0.05, 0) is 23.8 Å². The molecule has 1 unspecified atom stereocenters. The zero-order valence-electron chi connectivity index (χ0n) is 12.3. The molecule has 0 N–H and O–H groups in total. The number of hydrogen-bond acceptors (Lipinski definition) is 5. The molecule has 20 heavy (non-hydrogen) atoms. The van der Waals surface area contributed by atoms with Crippen LogP contribution in [0.15, 0.2) is 23.1 Å². The van der Waals surface area contributed by atoms with Gasteiger partial charge in [-0.15, -0.1) is 0 Å². The Morgan fingerprint density at radius 1 is 1.40 bits per heavy atom. The molecule has 4 nitrogen and oxygen atoms in total. The van der Waals surface area contributed by atoms with Crippen LogP contribution in [0.2, 0.25) is 0 Å². The fraction of sp³-hybridized carbons (Fsp3) is 0.571. The van der Waals surface area contributed by atoms with E-state index in [0.29, 0.717) is 5.75 Å². The molecule has 1 aromatic rings. The van der Waals surface area contributed by atoms with Gasteiger partial charge in [-0.1, -0.05) is 13.8 Å². The first-order valence-corrected chi connectivity index (χ1v) is 8.49. The average molecular weight is 315 g/mol. The molecule has 0 radical (unpaired) electrons. The lowest BCUT2D eigenvalue weighted by molar-refractivity contribution is 0.445. The zero-order valence-corrected chi connectivity index (χ0v) is 14.0. The Hall–Kier alpha value is -0.560. The van der Waals surface area contributed by atoms with Crippen molar-refractivity contribution in [1.82, 2.24) is 0 Å². The molecule has 0 bridgehead atoms. The van der Waals surface area contributed by atoms with Gasteiger partial charge in [-0.2, -0.15) is 0 Å². The summed E-state index contributed by atoms with van der Waals surface area (Å²) in [6.07, 6.45) is 0. The maximum Gasteiger partial charge on any atom is 0.156 e. The van der Waals surface area contributed by atoms with E-state index in [-0.39, 0.29) is 5.41 Å². The van der Waals surface area contributed by atoms with Gasteiger partial charge < -0.3 is 9.08 Å². The Kier molecular flexibility index (Phi) is 5.12. The quantitative estimate of drug-likeness (QED) is 0.755. The minimum absolute atomic E-state index is 0.0915. The second-order valence-corrected chi connectivity index (χ2v) is 7.73. The molecule has 1 aliphatic heterocycles. The third-order valence-electron chi connectivity index (χ3n) is 3.52. The van der Waals surface area contributed by atoms with Crippen LogP contribution >= 0.6 is 12.0 Å². The number of nitrogens with zero attached hydrogens (tertiary/aromatic N) is 1. The van der Waals surface area contributed by atoms with Crippen molar-refractivity contribution in [2.75, 3.05) is 38.0 Å². The summed E-state index contributed by atoms with van der Waals surface area (Å²) in [5, 5.41) is 0. The molecule has 1 aliphatic rings. The third-order valence-corrected chi connectivity index (χ3v) is 5.02. The first kappa shape index (κ1) is 15.8. The lowest BCUT2D eigenvalue weighted by Crippen LogP contribution is -2.31. The molecule has 0 saturated heterocycles. The van der Waals surface area contributed by atoms with Crippen LogP contribution < -0.4 is 4.90 Å². The maximum absolute atomic E-state index is 11.4. The van der Waals surface area contributed by atoms with Gasteiger partial charge in [-0.25, -0.2) is 4.21 Å². The Labute approximate surface area is 127 Å². The first-order valence-electron chi connectivity index (χ1n) is 6.51. The van der Waals surface area contributed by atoms with Gasteiger partial charge in [-0.3, -0.25) is 4.18 Å². The normalized spacial score (nSPS) is 18.1. The molecule has 0 fully saturated rings. The van der Waals surface area contributed by atoms with Crippen LogP contribution in [-0.2, 0) is 24.9 Å². The van der Waals surface area contributed by atoms with Crippen molar-refractivity contribution in [1.29, 1.82) is 0 Å². The van der Waals surface area contributed by atoms with Crippen molar-refractivity contribution < 1.29 is 12.6 Å². The van der Waals surface area contributed by atoms with E-state index in [1.54, 1.807) is 7.11 Å². The molecule has 0 aromatic heterocycles. The molecular formula is C14H21NO3S2. The Bertz CT molecular complexity index is 505. The summed E-state index contributed by atoms with van der Waals surface area (Å²) in [5.74, 6) is 0.528. The number of fused-ring (bicyclic) bond motifs is 1. The van der Waals surface area contributed by atoms with Crippen molar-refractivity contribution in [2.24, 2.45) is 0 Å². The molecule has 0 saturated carbocycles. The molecular weight excluding hydrogens is 294 g/mol. The average Bonchev–Trinajstić information content (AvgIpc) is 2.68. The highest BCUT2D eigenvalue weighted by Crippen LogP contribution is 2.42. The van der Waals surface area contributed by atoms with Crippen LogP contribution in [0.3, 0.4) is 0 Å². The van der Waals surface area contributed by atoms with Gasteiger partial charge >= 0.3 is 0 Å². The van der Waals surface area contributed by atoms with Crippen molar-refractivity contribution in [3.8, 4) is 0 Å². The highest BCUT2D eigenvalue weighted by Gasteiger charge is 2.35. The maximum atomic E-state index is 11.4. The van der Waals surface area contributed by atoms with E-state index >= 15 is 0 Å².